The number of benzene rings is 1. The van der Waals surface area contributed by atoms with E-state index in [1.54, 1.807) is 18.3 Å². The Hall–Kier alpha value is -2.17. The van der Waals surface area contributed by atoms with Crippen LogP contribution in [0, 0.1) is 18.2 Å². The van der Waals surface area contributed by atoms with E-state index in [-0.39, 0.29) is 29.6 Å². The Balaban J connectivity index is 1.82. The number of aryl methyl sites for hydroxylation is 2. The Morgan fingerprint density at radius 3 is 2.78 bits per heavy atom. The molecular formula is C18H22FN3O. The first kappa shape index (κ1) is 15.7. The van der Waals surface area contributed by atoms with Gasteiger partial charge < -0.3 is 9.47 Å². The Kier molecular flexibility index (Phi) is 3.74. The normalized spacial score (nSPS) is 19.5. The lowest BCUT2D eigenvalue weighted by Crippen LogP contribution is -2.59. The summed E-state index contributed by atoms with van der Waals surface area (Å²) in [4.78, 5) is 18.9. The molecule has 1 saturated heterocycles. The van der Waals surface area contributed by atoms with Gasteiger partial charge >= 0.3 is 0 Å². The molecule has 4 nitrogen and oxygen atoms in total. The molecule has 3 rings (SSSR count). The van der Waals surface area contributed by atoms with Crippen LogP contribution in [0.15, 0.2) is 30.6 Å². The summed E-state index contributed by atoms with van der Waals surface area (Å²) in [6.07, 6.45) is 3.71. The van der Waals surface area contributed by atoms with E-state index in [1.807, 2.05) is 29.6 Å². The highest BCUT2D eigenvalue weighted by atomic mass is 19.1. The number of likely N-dealkylation sites (tertiary alicyclic amines) is 1. The number of imidazole rings is 1. The molecule has 0 radical (unpaired) electrons. The Morgan fingerprint density at radius 2 is 2.17 bits per heavy atom. The van der Waals surface area contributed by atoms with Crippen LogP contribution >= 0.6 is 0 Å². The van der Waals surface area contributed by atoms with Gasteiger partial charge in [0.15, 0.2) is 0 Å². The van der Waals surface area contributed by atoms with Crippen molar-refractivity contribution in [2.45, 2.75) is 33.2 Å². The van der Waals surface area contributed by atoms with Gasteiger partial charge in [0.25, 0.3) is 0 Å². The lowest BCUT2D eigenvalue weighted by molar-refractivity contribution is -0.152. The summed E-state index contributed by atoms with van der Waals surface area (Å²) in [5.41, 5.74) is 1.39. The summed E-state index contributed by atoms with van der Waals surface area (Å²) in [6.45, 7) is 6.82. The molecule has 2 aromatic rings. The van der Waals surface area contributed by atoms with Crippen molar-refractivity contribution in [3.8, 4) is 0 Å². The van der Waals surface area contributed by atoms with Gasteiger partial charge in [-0.2, -0.15) is 0 Å². The van der Waals surface area contributed by atoms with E-state index in [0.717, 1.165) is 11.4 Å². The fraction of sp³-hybridized carbons (Fsp3) is 0.444. The number of nitrogens with zero attached hydrogens (tertiary/aromatic N) is 3. The average molecular weight is 315 g/mol. The first-order valence-electron chi connectivity index (χ1n) is 7.81. The van der Waals surface area contributed by atoms with Crippen LogP contribution in [0.3, 0.4) is 0 Å². The second-order valence-electron chi connectivity index (χ2n) is 7.08. The fourth-order valence-corrected chi connectivity index (χ4v) is 3.39. The van der Waals surface area contributed by atoms with E-state index in [4.69, 9.17) is 0 Å². The van der Waals surface area contributed by atoms with Crippen molar-refractivity contribution >= 4 is 5.91 Å². The van der Waals surface area contributed by atoms with Crippen molar-refractivity contribution in [2.75, 3.05) is 6.54 Å². The Bertz CT molecular complexity index is 750. The molecule has 0 spiro atoms. The molecule has 0 N–H and O–H groups in total. The average Bonchev–Trinajstić information content (AvgIpc) is 2.86. The minimum absolute atomic E-state index is 0.0279. The van der Waals surface area contributed by atoms with Gasteiger partial charge in [0.2, 0.25) is 5.91 Å². The second kappa shape index (κ2) is 5.48. The maximum Gasteiger partial charge on any atom is 0.227 e. The van der Waals surface area contributed by atoms with Crippen LogP contribution in [0.2, 0.25) is 0 Å². The van der Waals surface area contributed by atoms with Gasteiger partial charge in [-0.1, -0.05) is 31.5 Å². The molecular weight excluding hydrogens is 293 g/mol. The van der Waals surface area contributed by atoms with Crippen LogP contribution < -0.4 is 0 Å². The molecule has 0 saturated carbocycles. The number of rotatable bonds is 3. The number of halogens is 1. The van der Waals surface area contributed by atoms with E-state index in [9.17, 15) is 9.18 Å². The monoisotopic (exact) mass is 315 g/mol. The molecule has 2 heterocycles. The largest absolute Gasteiger partial charge is 0.336 e. The van der Waals surface area contributed by atoms with Crippen molar-refractivity contribution in [1.29, 1.82) is 0 Å². The number of hydrogen-bond donors (Lipinski definition) is 0. The van der Waals surface area contributed by atoms with Crippen molar-refractivity contribution in [1.82, 2.24) is 14.5 Å². The smallest absolute Gasteiger partial charge is 0.227 e. The topological polar surface area (TPSA) is 38.1 Å². The van der Waals surface area contributed by atoms with Crippen LogP contribution in [-0.4, -0.2) is 26.9 Å². The van der Waals surface area contributed by atoms with Gasteiger partial charge in [-0.3, -0.25) is 4.79 Å². The predicted octanol–water partition coefficient (Wildman–Crippen LogP) is 3.02. The predicted molar refractivity (Wildman–Crippen MR) is 86.3 cm³/mol. The van der Waals surface area contributed by atoms with Crippen molar-refractivity contribution in [2.24, 2.45) is 12.5 Å². The summed E-state index contributed by atoms with van der Waals surface area (Å²) in [7, 11) is 1.93. The maximum atomic E-state index is 13.9. The molecule has 1 unspecified atom stereocenters. The zero-order valence-electron chi connectivity index (χ0n) is 14.0. The van der Waals surface area contributed by atoms with E-state index < -0.39 is 0 Å². The summed E-state index contributed by atoms with van der Waals surface area (Å²) >= 11 is 0. The molecule has 1 aliphatic heterocycles. The quantitative estimate of drug-likeness (QED) is 0.873. The molecule has 23 heavy (non-hydrogen) atoms. The van der Waals surface area contributed by atoms with E-state index in [2.05, 4.69) is 18.8 Å². The zero-order chi connectivity index (χ0) is 16.8. The standard InChI is InChI=1S/C18H22FN3O/c1-12-5-6-14(19)13(9-12)10-15(23)22-11-18(2,3)16(22)17-20-7-8-21(17)4/h5-9,16H,10-11H2,1-4H3. The third-order valence-electron chi connectivity index (χ3n) is 4.60. The number of amides is 1. The Labute approximate surface area is 135 Å². The van der Waals surface area contributed by atoms with Gasteiger partial charge in [0.05, 0.1) is 12.5 Å². The van der Waals surface area contributed by atoms with Crippen LogP contribution in [-0.2, 0) is 18.3 Å². The molecule has 122 valence electrons. The third-order valence-corrected chi connectivity index (χ3v) is 4.60. The first-order valence-corrected chi connectivity index (χ1v) is 7.81. The summed E-state index contributed by atoms with van der Waals surface area (Å²) in [6, 6.07) is 4.82. The first-order chi connectivity index (χ1) is 10.8. The van der Waals surface area contributed by atoms with Gasteiger partial charge in [0.1, 0.15) is 11.6 Å². The van der Waals surface area contributed by atoms with Crippen LogP contribution in [0.5, 0.6) is 0 Å². The maximum absolute atomic E-state index is 13.9. The number of carbonyl (C=O) groups excluding carboxylic acids is 1. The lowest BCUT2D eigenvalue weighted by atomic mass is 9.74. The van der Waals surface area contributed by atoms with Crippen molar-refractivity contribution in [3.05, 3.63) is 53.4 Å². The van der Waals surface area contributed by atoms with Gasteiger partial charge in [-0.25, -0.2) is 9.37 Å². The van der Waals surface area contributed by atoms with E-state index >= 15 is 0 Å². The van der Waals surface area contributed by atoms with Crippen LogP contribution in [0.1, 0.15) is 36.8 Å². The number of aromatic nitrogens is 2. The number of hydrogen-bond acceptors (Lipinski definition) is 2. The minimum atomic E-state index is -0.322. The van der Waals surface area contributed by atoms with Gasteiger partial charge in [-0.05, 0) is 18.6 Å². The molecule has 0 bridgehead atoms. The molecule has 1 amide bonds. The van der Waals surface area contributed by atoms with Crippen molar-refractivity contribution in [3.63, 3.8) is 0 Å². The third kappa shape index (κ3) is 2.76. The molecule has 5 heteroatoms. The van der Waals surface area contributed by atoms with Crippen LogP contribution in [0.25, 0.3) is 0 Å². The molecule has 1 aromatic heterocycles. The Morgan fingerprint density at radius 1 is 1.43 bits per heavy atom. The highest BCUT2D eigenvalue weighted by Crippen LogP contribution is 2.47. The fourth-order valence-electron chi connectivity index (χ4n) is 3.39. The van der Waals surface area contributed by atoms with E-state index in [1.165, 1.54) is 6.07 Å². The molecule has 1 atom stereocenters. The molecule has 1 aromatic carbocycles. The minimum Gasteiger partial charge on any atom is -0.336 e. The molecule has 0 aliphatic carbocycles. The molecule has 1 aliphatic rings. The van der Waals surface area contributed by atoms with Crippen molar-refractivity contribution < 1.29 is 9.18 Å². The van der Waals surface area contributed by atoms with Gasteiger partial charge in [0, 0.05) is 31.4 Å². The number of carbonyl (C=O) groups is 1. The SMILES string of the molecule is Cc1ccc(F)c(CC(=O)N2CC(C)(C)C2c2nccn2C)c1. The summed E-state index contributed by atoms with van der Waals surface area (Å²) in [5, 5.41) is 0. The van der Waals surface area contributed by atoms with E-state index in [0.29, 0.717) is 12.1 Å². The highest BCUT2D eigenvalue weighted by Gasteiger charge is 2.50. The summed E-state index contributed by atoms with van der Waals surface area (Å²) < 4.78 is 15.9. The van der Waals surface area contributed by atoms with Crippen LogP contribution in [0.4, 0.5) is 4.39 Å². The highest BCUT2D eigenvalue weighted by molar-refractivity contribution is 5.80. The lowest BCUT2D eigenvalue weighted by Gasteiger charge is -2.53. The second-order valence-corrected chi connectivity index (χ2v) is 7.08. The van der Waals surface area contributed by atoms with Gasteiger partial charge in [-0.15, -0.1) is 0 Å². The summed E-state index contributed by atoms with van der Waals surface area (Å²) in [5.74, 6) is 0.499. The zero-order valence-corrected chi connectivity index (χ0v) is 14.0. The molecule has 1 fully saturated rings.